The number of halogens is 1. The van der Waals surface area contributed by atoms with Crippen LogP contribution in [0.15, 0.2) is 72.9 Å². The molecule has 0 spiro atoms. The summed E-state index contributed by atoms with van der Waals surface area (Å²) >= 11 is 0. The van der Waals surface area contributed by atoms with Gasteiger partial charge in [-0.3, -0.25) is 0 Å². The van der Waals surface area contributed by atoms with E-state index in [-0.39, 0.29) is 12.4 Å². The molecule has 1 nitrogen and oxygen atoms in total. The highest BCUT2D eigenvalue weighted by molar-refractivity contribution is 4.94. The summed E-state index contributed by atoms with van der Waals surface area (Å²) in [5.41, 5.74) is 0. The maximum Gasteiger partial charge on any atom is 0.0886 e. The topological polar surface area (TPSA) is 0 Å². The smallest absolute Gasteiger partial charge is 0.0886 e. The largest absolute Gasteiger partial charge is 1.00 e. The molecule has 0 aromatic rings. The van der Waals surface area contributed by atoms with E-state index in [9.17, 15) is 0 Å². The van der Waals surface area contributed by atoms with Crippen LogP contribution in [0, 0.1) is 0 Å². The maximum absolute atomic E-state index is 2.57. The van der Waals surface area contributed by atoms with Gasteiger partial charge in [0.05, 0.1) is 26.7 Å². The molecule has 0 saturated heterocycles. The van der Waals surface area contributed by atoms with Crippen molar-refractivity contribution in [2.45, 2.75) is 271 Å². The van der Waals surface area contributed by atoms with E-state index in [0.717, 1.165) is 25.3 Å². The van der Waals surface area contributed by atoms with Crippen molar-refractivity contribution in [3.8, 4) is 0 Å². The first-order chi connectivity index (χ1) is 28.6. The molecule has 59 heavy (non-hydrogen) atoms. The Labute approximate surface area is 379 Å². The fourth-order valence-electron chi connectivity index (χ4n) is 8.27. The first kappa shape index (κ1) is 59.8. The highest BCUT2D eigenvalue weighted by Crippen LogP contribution is 2.24. The Morgan fingerprint density at radius 2 is 0.525 bits per heavy atom. The molecule has 0 rings (SSSR count). The molecular formula is C57H106ClN. The second kappa shape index (κ2) is 51.0. The molecule has 0 aliphatic rings. The van der Waals surface area contributed by atoms with Gasteiger partial charge in [-0.1, -0.05) is 203 Å². The number of hydrogen-bond acceptors (Lipinski definition) is 0. The van der Waals surface area contributed by atoms with Gasteiger partial charge in [-0.15, -0.1) is 0 Å². The first-order valence-electron chi connectivity index (χ1n) is 26.3. The Balaban J connectivity index is 0. The lowest BCUT2D eigenvalue weighted by Crippen LogP contribution is -3.00. The molecule has 0 aromatic heterocycles. The number of rotatable bonds is 46. The van der Waals surface area contributed by atoms with Crippen molar-refractivity contribution >= 4 is 0 Å². The van der Waals surface area contributed by atoms with Gasteiger partial charge in [0.15, 0.2) is 0 Å². The molecule has 0 radical (unpaired) electrons. The van der Waals surface area contributed by atoms with E-state index in [1.165, 1.54) is 236 Å². The lowest BCUT2D eigenvalue weighted by molar-refractivity contribution is -0.916. The molecule has 0 atom stereocenters. The van der Waals surface area contributed by atoms with Crippen LogP contribution in [0.3, 0.4) is 0 Å². The summed E-state index contributed by atoms with van der Waals surface area (Å²) in [7, 11) is 5.14. The summed E-state index contributed by atoms with van der Waals surface area (Å²) < 4.78 is 1.25. The average Bonchev–Trinajstić information content (AvgIpc) is 3.22. The fourth-order valence-corrected chi connectivity index (χ4v) is 8.27. The number of hydrogen-bond donors (Lipinski definition) is 0. The minimum atomic E-state index is 0. The molecule has 0 unspecified atom stereocenters. The van der Waals surface area contributed by atoms with Crippen molar-refractivity contribution in [1.82, 2.24) is 0 Å². The predicted octanol–water partition coefficient (Wildman–Crippen LogP) is 16.7. The predicted molar refractivity (Wildman–Crippen MR) is 268 cm³/mol. The van der Waals surface area contributed by atoms with Crippen molar-refractivity contribution in [2.24, 2.45) is 0 Å². The zero-order chi connectivity index (χ0) is 42.1. The van der Waals surface area contributed by atoms with Gasteiger partial charge in [-0.25, -0.2) is 0 Å². The van der Waals surface area contributed by atoms with E-state index in [4.69, 9.17) is 0 Å². The number of quaternary nitrogens is 1. The van der Waals surface area contributed by atoms with Crippen LogP contribution in [0.2, 0.25) is 0 Å². The molecule has 0 heterocycles. The first-order valence-corrected chi connectivity index (χ1v) is 26.3. The number of allylic oxidation sites excluding steroid dienone is 12. The third-order valence-corrected chi connectivity index (χ3v) is 12.4. The van der Waals surface area contributed by atoms with Gasteiger partial charge in [-0.05, 0) is 135 Å². The van der Waals surface area contributed by atoms with Crippen molar-refractivity contribution in [2.75, 3.05) is 20.6 Å². The van der Waals surface area contributed by atoms with Gasteiger partial charge in [-0.2, -0.15) is 0 Å². The van der Waals surface area contributed by atoms with E-state index in [1.807, 2.05) is 0 Å². The van der Waals surface area contributed by atoms with Crippen molar-refractivity contribution < 1.29 is 16.9 Å². The van der Waals surface area contributed by atoms with Crippen LogP contribution in [-0.2, 0) is 0 Å². The lowest BCUT2D eigenvalue weighted by atomic mass is 9.97. The van der Waals surface area contributed by atoms with Crippen molar-refractivity contribution in [3.05, 3.63) is 72.9 Å². The van der Waals surface area contributed by atoms with Crippen LogP contribution in [0.5, 0.6) is 0 Å². The minimum Gasteiger partial charge on any atom is -1.00 e. The van der Waals surface area contributed by atoms with Crippen molar-refractivity contribution in [1.29, 1.82) is 0 Å². The van der Waals surface area contributed by atoms with E-state index in [2.05, 4.69) is 108 Å². The zero-order valence-corrected chi connectivity index (χ0v) is 41.7. The summed E-state index contributed by atoms with van der Waals surface area (Å²) in [5, 5.41) is 0. The quantitative estimate of drug-likeness (QED) is 0.0325. The van der Waals surface area contributed by atoms with Gasteiger partial charge >= 0.3 is 0 Å². The summed E-state index contributed by atoms with van der Waals surface area (Å²) in [6.45, 7) is 8.21. The van der Waals surface area contributed by atoms with Crippen LogP contribution in [0.25, 0.3) is 0 Å². The Hall–Kier alpha value is -1.31. The normalized spacial score (nSPS) is 13.2. The summed E-state index contributed by atoms with van der Waals surface area (Å²) in [6.07, 6.45) is 79.9. The van der Waals surface area contributed by atoms with Crippen LogP contribution in [0.4, 0.5) is 0 Å². The second-order valence-corrected chi connectivity index (χ2v) is 18.5. The molecule has 0 N–H and O–H groups in total. The number of unbranched alkanes of at least 4 members (excludes halogenated alkanes) is 27. The second-order valence-electron chi connectivity index (χ2n) is 18.5. The molecule has 0 bridgehead atoms. The molecule has 0 saturated carbocycles. The third-order valence-electron chi connectivity index (χ3n) is 12.4. The van der Waals surface area contributed by atoms with Gasteiger partial charge in [0, 0.05) is 0 Å². The zero-order valence-electron chi connectivity index (χ0n) is 40.9. The standard InChI is InChI=1S/C57H106N.ClH/c1-6-9-12-15-18-21-24-27-30-33-36-39-42-45-48-51-54-57(55-52-49-46-43-40-37-34-31-28-25-22-19-16-13-10-7-2)58(4,5)56-53-50-47-44-41-38-35-32-29-26-23-20-17-14-11-8-3;/h18-23,27-32,57H,6-17,24-26,33-56H2,1-5H3;1H/q+1;/p-1/b21-18?,22-19?,23-20-,30-27?,31-28?,32-29-;. The molecule has 0 aromatic carbocycles. The fraction of sp³-hybridized carbons (Fsp3) is 0.789. The van der Waals surface area contributed by atoms with Crippen LogP contribution in [0.1, 0.15) is 265 Å². The molecule has 2 heteroatoms. The van der Waals surface area contributed by atoms with Gasteiger partial charge in [0.25, 0.3) is 0 Å². The van der Waals surface area contributed by atoms with Gasteiger partial charge in [0.1, 0.15) is 0 Å². The van der Waals surface area contributed by atoms with E-state index in [0.29, 0.717) is 0 Å². The molecule has 346 valence electrons. The molecule has 0 amide bonds. The van der Waals surface area contributed by atoms with E-state index in [1.54, 1.807) is 0 Å². The maximum atomic E-state index is 2.57. The molecular weight excluding hydrogens is 734 g/mol. The van der Waals surface area contributed by atoms with Crippen molar-refractivity contribution in [3.63, 3.8) is 0 Å². The lowest BCUT2D eigenvalue weighted by Gasteiger charge is -2.39. The monoisotopic (exact) mass is 840 g/mol. The molecule has 0 aliphatic carbocycles. The highest BCUT2D eigenvalue weighted by Gasteiger charge is 2.26. The van der Waals surface area contributed by atoms with Crippen LogP contribution >= 0.6 is 0 Å². The minimum absolute atomic E-state index is 0. The Kier molecular flexibility index (Phi) is 51.7. The molecule has 0 aliphatic heterocycles. The summed E-state index contributed by atoms with van der Waals surface area (Å²) in [6, 6.07) is 0.842. The summed E-state index contributed by atoms with van der Waals surface area (Å²) in [5.74, 6) is 0. The van der Waals surface area contributed by atoms with Gasteiger partial charge in [0.2, 0.25) is 0 Å². The number of nitrogens with zero attached hydrogens (tertiary/aromatic N) is 1. The van der Waals surface area contributed by atoms with E-state index >= 15 is 0 Å². The van der Waals surface area contributed by atoms with Crippen LogP contribution < -0.4 is 12.4 Å². The van der Waals surface area contributed by atoms with E-state index < -0.39 is 0 Å². The van der Waals surface area contributed by atoms with Crippen LogP contribution in [-0.4, -0.2) is 31.2 Å². The summed E-state index contributed by atoms with van der Waals surface area (Å²) in [4.78, 5) is 0. The average molecular weight is 841 g/mol. The Morgan fingerprint density at radius 3 is 0.814 bits per heavy atom. The highest BCUT2D eigenvalue weighted by atomic mass is 35.5. The SMILES string of the molecule is CCCCCC=CCC=CCCCCCCCCC(CCCCCCCCC=CCC=CCCCCC)[N+](C)(C)CCCCCCCC/C=C\C/C=C\CCCCC.[Cl-]. The Morgan fingerprint density at radius 1 is 0.288 bits per heavy atom. The third kappa shape index (κ3) is 47.6. The van der Waals surface area contributed by atoms with Gasteiger partial charge < -0.3 is 16.9 Å². The molecule has 0 fully saturated rings. The Bertz CT molecular complexity index is 919.